The average Bonchev–Trinajstić information content (AvgIpc) is 2.74. The number of pyridine rings is 1. The minimum Gasteiger partial charge on any atom is -0.368 e. The van der Waals surface area contributed by atoms with Gasteiger partial charge in [-0.1, -0.05) is 24.3 Å². The van der Waals surface area contributed by atoms with E-state index in [1.807, 2.05) is 6.20 Å². The van der Waals surface area contributed by atoms with E-state index in [2.05, 4.69) is 70.2 Å². The number of hydrogen-bond donors (Lipinski definition) is 1. The molecule has 1 N–H and O–H groups in total. The molecule has 0 saturated carbocycles. The summed E-state index contributed by atoms with van der Waals surface area (Å²) in [6.07, 6.45) is 4.51. The molecule has 4 rings (SSSR count). The summed E-state index contributed by atoms with van der Waals surface area (Å²) in [5.74, 6) is 3.75. The van der Waals surface area contributed by atoms with Gasteiger partial charge in [-0.2, -0.15) is 11.8 Å². The quantitative estimate of drug-likeness (QED) is 0.852. The number of hydrogen-bond acceptors (Lipinski definition) is 5. The Labute approximate surface area is 167 Å². The predicted molar refractivity (Wildman–Crippen MR) is 117 cm³/mol. The first-order valence-electron chi connectivity index (χ1n) is 10.1. The molecule has 2 saturated heterocycles. The molecule has 0 radical (unpaired) electrons. The van der Waals surface area contributed by atoms with Crippen molar-refractivity contribution < 1.29 is 0 Å². The van der Waals surface area contributed by atoms with E-state index in [0.29, 0.717) is 6.04 Å². The van der Waals surface area contributed by atoms with E-state index >= 15 is 0 Å². The minimum atomic E-state index is 0.664. The fourth-order valence-electron chi connectivity index (χ4n) is 4.09. The van der Waals surface area contributed by atoms with Crippen molar-refractivity contribution in [3.63, 3.8) is 0 Å². The van der Waals surface area contributed by atoms with Crippen molar-refractivity contribution in [2.45, 2.75) is 32.4 Å². The summed E-state index contributed by atoms with van der Waals surface area (Å²) in [7, 11) is 0. The van der Waals surface area contributed by atoms with Crippen LogP contribution in [0.4, 0.5) is 11.5 Å². The molecule has 0 aliphatic carbocycles. The van der Waals surface area contributed by atoms with Gasteiger partial charge in [-0.25, -0.2) is 4.98 Å². The number of piperazine rings is 1. The molecule has 144 valence electrons. The van der Waals surface area contributed by atoms with Gasteiger partial charge in [-0.15, -0.1) is 0 Å². The maximum Gasteiger partial charge on any atom is 0.133 e. The highest BCUT2D eigenvalue weighted by Gasteiger charge is 2.21. The van der Waals surface area contributed by atoms with E-state index < -0.39 is 0 Å². The number of para-hydroxylation sites is 1. The lowest BCUT2D eigenvalue weighted by molar-refractivity contribution is 0.481. The van der Waals surface area contributed by atoms with Gasteiger partial charge in [-0.3, -0.25) is 0 Å². The number of thioether (sulfide) groups is 1. The van der Waals surface area contributed by atoms with Crippen LogP contribution in [0.3, 0.4) is 0 Å². The van der Waals surface area contributed by atoms with E-state index in [1.54, 1.807) is 0 Å². The number of nitrogens with zero attached hydrogens (tertiary/aromatic N) is 3. The molecular weight excluding hydrogens is 352 g/mol. The van der Waals surface area contributed by atoms with Gasteiger partial charge in [0.1, 0.15) is 5.82 Å². The lowest BCUT2D eigenvalue weighted by Crippen LogP contribution is -2.47. The summed E-state index contributed by atoms with van der Waals surface area (Å²) in [6.45, 7) is 7.28. The molecule has 2 aromatic rings. The summed E-state index contributed by atoms with van der Waals surface area (Å²) in [6, 6.07) is 13.7. The van der Waals surface area contributed by atoms with Crippen LogP contribution in [0.25, 0.3) is 0 Å². The van der Waals surface area contributed by atoms with Crippen molar-refractivity contribution in [1.82, 2.24) is 10.3 Å². The van der Waals surface area contributed by atoms with Crippen LogP contribution in [0.15, 0.2) is 42.6 Å². The lowest BCUT2D eigenvalue weighted by Gasteiger charge is -2.38. The molecule has 2 aliphatic rings. The third-order valence-electron chi connectivity index (χ3n) is 5.71. The van der Waals surface area contributed by atoms with Gasteiger partial charge >= 0.3 is 0 Å². The van der Waals surface area contributed by atoms with Gasteiger partial charge in [0.25, 0.3) is 0 Å². The Morgan fingerprint density at radius 3 is 2.52 bits per heavy atom. The van der Waals surface area contributed by atoms with Crippen LogP contribution in [0, 0.1) is 6.92 Å². The van der Waals surface area contributed by atoms with Crippen LogP contribution in [0.1, 0.15) is 24.0 Å². The fraction of sp³-hybridized carbons (Fsp3) is 0.500. The average molecular weight is 383 g/mol. The van der Waals surface area contributed by atoms with Crippen molar-refractivity contribution in [3.05, 3.63) is 53.7 Å². The Morgan fingerprint density at radius 2 is 1.74 bits per heavy atom. The molecule has 1 aromatic heterocycles. The van der Waals surface area contributed by atoms with Crippen LogP contribution >= 0.6 is 11.8 Å². The molecule has 0 atom stereocenters. The van der Waals surface area contributed by atoms with Gasteiger partial charge in [0.2, 0.25) is 0 Å². The normalized spacial score (nSPS) is 18.7. The number of benzene rings is 1. The van der Waals surface area contributed by atoms with Crippen molar-refractivity contribution in [1.29, 1.82) is 0 Å². The molecular formula is C22H30N4S. The predicted octanol–water partition coefficient (Wildman–Crippen LogP) is 3.70. The third kappa shape index (κ3) is 4.58. The second kappa shape index (κ2) is 8.98. The minimum absolute atomic E-state index is 0.664. The summed E-state index contributed by atoms with van der Waals surface area (Å²) < 4.78 is 0. The lowest BCUT2D eigenvalue weighted by atomic mass is 10.1. The van der Waals surface area contributed by atoms with Gasteiger partial charge in [0.15, 0.2) is 0 Å². The second-order valence-corrected chi connectivity index (χ2v) is 8.74. The first-order chi connectivity index (χ1) is 13.3. The number of rotatable bonds is 5. The maximum absolute atomic E-state index is 4.74. The van der Waals surface area contributed by atoms with E-state index in [1.165, 1.54) is 47.0 Å². The summed E-state index contributed by atoms with van der Waals surface area (Å²) in [5.41, 5.74) is 4.06. The summed E-state index contributed by atoms with van der Waals surface area (Å²) >= 11 is 2.08. The molecule has 27 heavy (non-hydrogen) atoms. The first kappa shape index (κ1) is 18.6. The first-order valence-corrected chi connectivity index (χ1v) is 11.3. The Balaban J connectivity index is 1.39. The zero-order valence-electron chi connectivity index (χ0n) is 16.2. The number of aromatic nitrogens is 1. The second-order valence-electron chi connectivity index (χ2n) is 7.51. The zero-order valence-corrected chi connectivity index (χ0v) is 17.0. The van der Waals surface area contributed by atoms with Gasteiger partial charge in [0, 0.05) is 56.2 Å². The smallest absolute Gasteiger partial charge is 0.133 e. The van der Waals surface area contributed by atoms with Crippen LogP contribution < -0.4 is 15.1 Å². The highest BCUT2D eigenvalue weighted by Crippen LogP contribution is 2.24. The standard InChI is InChI=1S/C22H30N4S/c1-18-5-2-3-7-21(18)25-11-13-26(14-12-25)22-19(6-4-10-23-22)17-24-20-8-15-27-16-9-20/h2-7,10,20,24H,8-9,11-17H2,1H3. The molecule has 0 bridgehead atoms. The van der Waals surface area contributed by atoms with E-state index in [4.69, 9.17) is 4.98 Å². The van der Waals surface area contributed by atoms with Crippen molar-refractivity contribution in [2.75, 3.05) is 47.5 Å². The molecule has 0 amide bonds. The van der Waals surface area contributed by atoms with E-state index in [9.17, 15) is 0 Å². The van der Waals surface area contributed by atoms with Crippen molar-refractivity contribution in [3.8, 4) is 0 Å². The fourth-order valence-corrected chi connectivity index (χ4v) is 5.19. The van der Waals surface area contributed by atoms with Crippen LogP contribution in [0.2, 0.25) is 0 Å². The largest absolute Gasteiger partial charge is 0.368 e. The molecule has 1 aromatic carbocycles. The van der Waals surface area contributed by atoms with Crippen LogP contribution in [-0.4, -0.2) is 48.7 Å². The Morgan fingerprint density at radius 1 is 1.00 bits per heavy atom. The van der Waals surface area contributed by atoms with Gasteiger partial charge in [-0.05, 0) is 49.0 Å². The molecule has 5 heteroatoms. The zero-order chi connectivity index (χ0) is 18.5. The van der Waals surface area contributed by atoms with E-state index in [0.717, 1.165) is 32.7 Å². The van der Waals surface area contributed by atoms with Crippen molar-refractivity contribution >= 4 is 23.3 Å². The number of nitrogens with one attached hydrogen (secondary N) is 1. The Bertz CT molecular complexity index is 737. The SMILES string of the molecule is Cc1ccccc1N1CCN(c2ncccc2CNC2CCSCC2)CC1. The highest BCUT2D eigenvalue weighted by atomic mass is 32.2. The molecule has 2 aliphatic heterocycles. The van der Waals surface area contributed by atoms with Gasteiger partial charge < -0.3 is 15.1 Å². The Kier molecular flexibility index (Phi) is 6.20. The van der Waals surface area contributed by atoms with E-state index in [-0.39, 0.29) is 0 Å². The third-order valence-corrected chi connectivity index (χ3v) is 6.75. The van der Waals surface area contributed by atoms with Gasteiger partial charge in [0.05, 0.1) is 0 Å². The van der Waals surface area contributed by atoms with Crippen molar-refractivity contribution in [2.24, 2.45) is 0 Å². The molecule has 3 heterocycles. The molecule has 2 fully saturated rings. The summed E-state index contributed by atoms with van der Waals surface area (Å²) in [5, 5.41) is 3.77. The monoisotopic (exact) mass is 382 g/mol. The van der Waals surface area contributed by atoms with Crippen LogP contribution in [0.5, 0.6) is 0 Å². The Hall–Kier alpha value is -1.72. The summed E-state index contributed by atoms with van der Waals surface area (Å²) in [4.78, 5) is 9.71. The number of aryl methyl sites for hydroxylation is 1. The number of anilines is 2. The topological polar surface area (TPSA) is 31.4 Å². The molecule has 0 spiro atoms. The highest BCUT2D eigenvalue weighted by molar-refractivity contribution is 7.99. The maximum atomic E-state index is 4.74. The molecule has 4 nitrogen and oxygen atoms in total. The van der Waals surface area contributed by atoms with Crippen LogP contribution in [-0.2, 0) is 6.54 Å². The molecule has 0 unspecified atom stereocenters.